The minimum atomic E-state index is -0.233. The fraction of sp³-hybridized carbons (Fsp3) is 0.923. The molecule has 2 N–H and O–H groups in total. The molecule has 1 unspecified atom stereocenters. The highest BCUT2D eigenvalue weighted by molar-refractivity contribution is 5.81. The molecule has 1 amide bonds. The van der Waals surface area contributed by atoms with Gasteiger partial charge in [-0.05, 0) is 31.6 Å². The van der Waals surface area contributed by atoms with Gasteiger partial charge >= 0.3 is 0 Å². The average molecular weight is 240 g/mol. The molecule has 0 radical (unpaired) electrons. The molecular formula is C13H24N2O2. The molecule has 0 saturated carbocycles. The topological polar surface area (TPSA) is 55.6 Å². The summed E-state index contributed by atoms with van der Waals surface area (Å²) in [6.07, 6.45) is 3.87. The Balaban J connectivity index is 1.95. The van der Waals surface area contributed by atoms with Gasteiger partial charge in [0.05, 0.1) is 6.10 Å². The first-order chi connectivity index (χ1) is 8.13. The maximum Gasteiger partial charge on any atom is 0.251 e. The first kappa shape index (κ1) is 12.8. The third-order valence-electron chi connectivity index (χ3n) is 4.00. The van der Waals surface area contributed by atoms with E-state index in [0.29, 0.717) is 18.5 Å². The molecular weight excluding hydrogens is 216 g/mol. The van der Waals surface area contributed by atoms with E-state index in [1.54, 1.807) is 0 Å². The Morgan fingerprint density at radius 1 is 1.41 bits per heavy atom. The van der Waals surface area contributed by atoms with Crippen LogP contribution in [-0.2, 0) is 9.53 Å². The molecule has 0 aromatic heterocycles. The smallest absolute Gasteiger partial charge is 0.251 e. The van der Waals surface area contributed by atoms with Gasteiger partial charge in [0.2, 0.25) is 0 Å². The Labute approximate surface area is 103 Å². The van der Waals surface area contributed by atoms with Crippen molar-refractivity contribution in [2.45, 2.75) is 57.8 Å². The van der Waals surface area contributed by atoms with Crippen LogP contribution in [0.5, 0.6) is 0 Å². The maximum absolute atomic E-state index is 12.4. The molecule has 2 aliphatic rings. The molecule has 3 atom stereocenters. The largest absolute Gasteiger partial charge is 0.364 e. The van der Waals surface area contributed by atoms with E-state index in [4.69, 9.17) is 10.5 Å². The molecule has 98 valence electrons. The number of carbonyl (C=O) groups is 1. The lowest BCUT2D eigenvalue weighted by atomic mass is 10.0. The van der Waals surface area contributed by atoms with Crippen molar-refractivity contribution >= 4 is 5.91 Å². The molecule has 0 aromatic carbocycles. The van der Waals surface area contributed by atoms with Gasteiger partial charge in [0, 0.05) is 19.1 Å². The zero-order chi connectivity index (χ0) is 12.4. The van der Waals surface area contributed by atoms with Gasteiger partial charge in [-0.2, -0.15) is 0 Å². The highest BCUT2D eigenvalue weighted by Crippen LogP contribution is 2.28. The maximum atomic E-state index is 12.4. The normalized spacial score (nSPS) is 33.6. The fourth-order valence-corrected chi connectivity index (χ4v) is 3.00. The predicted octanol–water partition coefficient (Wildman–Crippen LogP) is 1.14. The number of amides is 1. The predicted molar refractivity (Wildman–Crippen MR) is 66.5 cm³/mol. The van der Waals surface area contributed by atoms with Crippen LogP contribution in [0.2, 0.25) is 0 Å². The molecule has 0 aromatic rings. The van der Waals surface area contributed by atoms with Crippen molar-refractivity contribution in [1.82, 2.24) is 4.90 Å². The van der Waals surface area contributed by atoms with Crippen LogP contribution in [0.3, 0.4) is 0 Å². The molecule has 0 aliphatic carbocycles. The number of nitrogens with zero attached hydrogens (tertiary/aromatic N) is 1. The van der Waals surface area contributed by atoms with E-state index in [9.17, 15) is 4.79 Å². The van der Waals surface area contributed by atoms with E-state index in [1.807, 2.05) is 4.90 Å². The van der Waals surface area contributed by atoms with Crippen molar-refractivity contribution in [2.24, 2.45) is 11.7 Å². The van der Waals surface area contributed by atoms with Gasteiger partial charge in [-0.3, -0.25) is 4.79 Å². The molecule has 17 heavy (non-hydrogen) atoms. The van der Waals surface area contributed by atoms with Gasteiger partial charge in [-0.25, -0.2) is 0 Å². The SMILES string of the molecule is CC(C)C1CCCN1C(=O)[C@@H]1CC[C@H](CN)O1. The molecule has 4 heteroatoms. The summed E-state index contributed by atoms with van der Waals surface area (Å²) in [4.78, 5) is 14.4. The lowest BCUT2D eigenvalue weighted by molar-refractivity contribution is -0.144. The Hall–Kier alpha value is -0.610. The van der Waals surface area contributed by atoms with Crippen LogP contribution in [0.15, 0.2) is 0 Å². The summed E-state index contributed by atoms with van der Waals surface area (Å²) >= 11 is 0. The molecule has 0 bridgehead atoms. The van der Waals surface area contributed by atoms with Gasteiger partial charge in [0.25, 0.3) is 5.91 Å². The summed E-state index contributed by atoms with van der Waals surface area (Å²) in [7, 11) is 0. The number of hydrogen-bond donors (Lipinski definition) is 1. The van der Waals surface area contributed by atoms with Gasteiger partial charge < -0.3 is 15.4 Å². The van der Waals surface area contributed by atoms with E-state index in [2.05, 4.69) is 13.8 Å². The fourth-order valence-electron chi connectivity index (χ4n) is 3.00. The van der Waals surface area contributed by atoms with Crippen molar-refractivity contribution in [2.75, 3.05) is 13.1 Å². The first-order valence-electron chi connectivity index (χ1n) is 6.79. The van der Waals surface area contributed by atoms with Gasteiger partial charge in [0.15, 0.2) is 0 Å². The number of likely N-dealkylation sites (tertiary alicyclic amines) is 1. The molecule has 2 aliphatic heterocycles. The van der Waals surface area contributed by atoms with E-state index < -0.39 is 0 Å². The van der Waals surface area contributed by atoms with Gasteiger partial charge in [0.1, 0.15) is 6.10 Å². The second-order valence-electron chi connectivity index (χ2n) is 5.55. The molecule has 2 rings (SSSR count). The summed E-state index contributed by atoms with van der Waals surface area (Å²) in [6, 6.07) is 0.406. The summed E-state index contributed by atoms with van der Waals surface area (Å²) in [6.45, 7) is 5.80. The zero-order valence-corrected chi connectivity index (χ0v) is 10.9. The highest BCUT2D eigenvalue weighted by Gasteiger charge is 2.38. The van der Waals surface area contributed by atoms with Crippen LogP contribution in [0, 0.1) is 5.92 Å². The van der Waals surface area contributed by atoms with Crippen LogP contribution in [0.1, 0.15) is 39.5 Å². The van der Waals surface area contributed by atoms with Crippen LogP contribution in [-0.4, -0.2) is 42.1 Å². The van der Waals surface area contributed by atoms with E-state index in [-0.39, 0.29) is 18.1 Å². The molecule has 4 nitrogen and oxygen atoms in total. The number of nitrogens with two attached hydrogens (primary N) is 1. The summed E-state index contributed by atoms with van der Waals surface area (Å²) in [5, 5.41) is 0. The van der Waals surface area contributed by atoms with Crippen molar-refractivity contribution in [1.29, 1.82) is 0 Å². The van der Waals surface area contributed by atoms with Crippen molar-refractivity contribution < 1.29 is 9.53 Å². The Morgan fingerprint density at radius 3 is 2.76 bits per heavy atom. The average Bonchev–Trinajstić information content (AvgIpc) is 2.97. The minimum absolute atomic E-state index is 0.0871. The number of carbonyl (C=O) groups excluding carboxylic acids is 1. The van der Waals surface area contributed by atoms with Crippen LogP contribution < -0.4 is 5.73 Å². The van der Waals surface area contributed by atoms with E-state index in [0.717, 1.165) is 32.2 Å². The van der Waals surface area contributed by atoms with Crippen molar-refractivity contribution in [3.05, 3.63) is 0 Å². The van der Waals surface area contributed by atoms with Gasteiger partial charge in [-0.1, -0.05) is 13.8 Å². The first-order valence-corrected chi connectivity index (χ1v) is 6.79. The third kappa shape index (κ3) is 2.63. The second-order valence-corrected chi connectivity index (χ2v) is 5.55. The minimum Gasteiger partial charge on any atom is -0.364 e. The van der Waals surface area contributed by atoms with Gasteiger partial charge in [-0.15, -0.1) is 0 Å². The third-order valence-corrected chi connectivity index (χ3v) is 4.00. The standard InChI is InChI=1S/C13H24N2O2/c1-9(2)11-4-3-7-15(11)13(16)12-6-5-10(8-14)17-12/h9-12H,3-8,14H2,1-2H3/t10-,11?,12+/m1/s1. The van der Waals surface area contributed by atoms with Crippen LogP contribution in [0.25, 0.3) is 0 Å². The number of rotatable bonds is 3. The second kappa shape index (κ2) is 5.36. The number of ether oxygens (including phenoxy) is 1. The number of hydrogen-bond acceptors (Lipinski definition) is 3. The molecule has 2 heterocycles. The monoisotopic (exact) mass is 240 g/mol. The van der Waals surface area contributed by atoms with E-state index in [1.165, 1.54) is 0 Å². The Bertz CT molecular complexity index is 281. The van der Waals surface area contributed by atoms with Crippen molar-refractivity contribution in [3.8, 4) is 0 Å². The van der Waals surface area contributed by atoms with Crippen LogP contribution >= 0.6 is 0 Å². The Morgan fingerprint density at radius 2 is 2.18 bits per heavy atom. The van der Waals surface area contributed by atoms with E-state index >= 15 is 0 Å². The zero-order valence-electron chi connectivity index (χ0n) is 10.9. The lowest BCUT2D eigenvalue weighted by Gasteiger charge is -2.29. The highest BCUT2D eigenvalue weighted by atomic mass is 16.5. The summed E-state index contributed by atoms with van der Waals surface area (Å²) < 4.78 is 5.70. The molecule has 0 spiro atoms. The summed E-state index contributed by atoms with van der Waals surface area (Å²) in [5.74, 6) is 0.727. The summed E-state index contributed by atoms with van der Waals surface area (Å²) in [5.41, 5.74) is 5.58. The Kier molecular flexibility index (Phi) is 4.05. The quantitative estimate of drug-likeness (QED) is 0.805. The lowest BCUT2D eigenvalue weighted by Crippen LogP contribution is -2.44. The molecule has 2 saturated heterocycles. The van der Waals surface area contributed by atoms with Crippen LogP contribution in [0.4, 0.5) is 0 Å². The molecule has 2 fully saturated rings. The van der Waals surface area contributed by atoms with Crippen molar-refractivity contribution in [3.63, 3.8) is 0 Å².